The molecule has 8 nitrogen and oxygen atoms in total. The molecule has 1 aromatic carbocycles. The molecule has 1 aliphatic heterocycles. The third kappa shape index (κ3) is 11.1. The standard InChI is InChI=1S/C20H30F3N5O3.HI/c1-19(2,3)31-18(29)28-13-11-27(12-14-28)10-4-9-25-17(24)26-15-5-7-16(8-6-15)30-20(21,22)23;/h5-8H,4,9-14H2,1-3H3,(H3,24,25,26);1H. The molecule has 0 spiro atoms. The lowest BCUT2D eigenvalue weighted by molar-refractivity contribution is -0.274. The first-order valence-corrected chi connectivity index (χ1v) is 10.0. The highest BCUT2D eigenvalue weighted by Crippen LogP contribution is 2.23. The van der Waals surface area contributed by atoms with Gasteiger partial charge < -0.3 is 25.4 Å². The number of carbonyl (C=O) groups is 1. The summed E-state index contributed by atoms with van der Waals surface area (Å²) in [6, 6.07) is 5.24. The zero-order valence-corrected chi connectivity index (χ0v) is 20.8. The van der Waals surface area contributed by atoms with E-state index in [9.17, 15) is 18.0 Å². The van der Waals surface area contributed by atoms with Crippen LogP contribution >= 0.6 is 24.0 Å². The Morgan fingerprint density at radius 1 is 1.12 bits per heavy atom. The molecule has 182 valence electrons. The fraction of sp³-hybridized carbons (Fsp3) is 0.600. The molecule has 1 heterocycles. The first-order valence-electron chi connectivity index (χ1n) is 10.0. The molecule has 1 saturated heterocycles. The van der Waals surface area contributed by atoms with E-state index in [0.717, 1.165) is 26.1 Å². The summed E-state index contributed by atoms with van der Waals surface area (Å²) in [5.41, 5.74) is 5.83. The van der Waals surface area contributed by atoms with Crippen molar-refractivity contribution >= 4 is 41.7 Å². The second-order valence-electron chi connectivity index (χ2n) is 8.13. The van der Waals surface area contributed by atoms with E-state index in [1.807, 2.05) is 20.8 Å². The number of benzene rings is 1. The number of amides is 1. The Labute approximate surface area is 203 Å². The van der Waals surface area contributed by atoms with E-state index in [1.165, 1.54) is 24.3 Å². The smallest absolute Gasteiger partial charge is 0.444 e. The third-order valence-electron chi connectivity index (χ3n) is 4.30. The van der Waals surface area contributed by atoms with Crippen molar-refractivity contribution in [3.63, 3.8) is 0 Å². The molecule has 3 N–H and O–H groups in total. The Hall–Kier alpha value is -1.96. The minimum absolute atomic E-state index is 0. The lowest BCUT2D eigenvalue weighted by Gasteiger charge is -2.35. The second kappa shape index (κ2) is 12.3. The summed E-state index contributed by atoms with van der Waals surface area (Å²) in [4.78, 5) is 20.3. The summed E-state index contributed by atoms with van der Waals surface area (Å²) in [5.74, 6) is -0.125. The van der Waals surface area contributed by atoms with Gasteiger partial charge in [-0.25, -0.2) is 4.79 Å². The zero-order valence-electron chi connectivity index (χ0n) is 18.4. The topological polar surface area (TPSA) is 92.4 Å². The Morgan fingerprint density at radius 3 is 2.25 bits per heavy atom. The molecule has 1 fully saturated rings. The Morgan fingerprint density at radius 2 is 1.72 bits per heavy atom. The SMILES string of the molecule is CC(C)(C)OC(=O)N1CCN(CCCN=C(N)Nc2ccc(OC(F)(F)F)cc2)CC1.I. The van der Waals surface area contributed by atoms with Crippen LogP contribution in [0.25, 0.3) is 0 Å². The molecular formula is C20H31F3IN5O3. The molecule has 12 heteroatoms. The number of guanidine groups is 1. The van der Waals surface area contributed by atoms with E-state index in [2.05, 4.69) is 19.9 Å². The molecule has 1 aliphatic rings. The van der Waals surface area contributed by atoms with Crippen LogP contribution in [-0.2, 0) is 4.74 Å². The van der Waals surface area contributed by atoms with Gasteiger partial charge in [-0.2, -0.15) is 0 Å². The number of rotatable bonds is 6. The van der Waals surface area contributed by atoms with Gasteiger partial charge in [-0.15, -0.1) is 37.1 Å². The van der Waals surface area contributed by atoms with Gasteiger partial charge in [0.2, 0.25) is 0 Å². The average molecular weight is 573 g/mol. The fourth-order valence-electron chi connectivity index (χ4n) is 2.90. The number of hydrogen-bond donors (Lipinski definition) is 2. The maximum Gasteiger partial charge on any atom is 0.573 e. The number of hydrogen-bond acceptors (Lipinski definition) is 5. The number of nitrogens with zero attached hydrogens (tertiary/aromatic N) is 3. The number of nitrogens with one attached hydrogen (secondary N) is 1. The molecule has 0 unspecified atom stereocenters. The van der Waals surface area contributed by atoms with Gasteiger partial charge >= 0.3 is 12.5 Å². The minimum atomic E-state index is -4.72. The third-order valence-corrected chi connectivity index (χ3v) is 4.30. The van der Waals surface area contributed by atoms with Gasteiger partial charge in [-0.1, -0.05) is 0 Å². The zero-order chi connectivity index (χ0) is 23.1. The Kier molecular flexibility index (Phi) is 10.8. The van der Waals surface area contributed by atoms with E-state index in [-0.39, 0.29) is 41.8 Å². The highest BCUT2D eigenvalue weighted by molar-refractivity contribution is 14.0. The molecule has 1 amide bonds. The first-order chi connectivity index (χ1) is 14.4. The molecule has 0 aromatic heterocycles. The largest absolute Gasteiger partial charge is 0.573 e. The van der Waals surface area contributed by atoms with Crippen molar-refractivity contribution in [2.75, 3.05) is 44.6 Å². The lowest BCUT2D eigenvalue weighted by atomic mass is 10.2. The number of anilines is 1. The van der Waals surface area contributed by atoms with E-state index in [1.54, 1.807) is 4.90 Å². The molecule has 0 saturated carbocycles. The number of piperazine rings is 1. The molecule has 1 aromatic rings. The van der Waals surface area contributed by atoms with Crippen molar-refractivity contribution in [2.24, 2.45) is 10.7 Å². The average Bonchev–Trinajstić information content (AvgIpc) is 2.65. The van der Waals surface area contributed by atoms with Crippen LogP contribution in [0.2, 0.25) is 0 Å². The van der Waals surface area contributed by atoms with Gasteiger partial charge in [0.05, 0.1) is 0 Å². The van der Waals surface area contributed by atoms with E-state index < -0.39 is 12.0 Å². The van der Waals surface area contributed by atoms with Gasteiger partial charge in [-0.3, -0.25) is 9.89 Å². The lowest BCUT2D eigenvalue weighted by Crippen LogP contribution is -2.50. The summed E-state index contributed by atoms with van der Waals surface area (Å²) in [5, 5.41) is 2.83. The maximum atomic E-state index is 12.2. The van der Waals surface area contributed by atoms with E-state index in [4.69, 9.17) is 10.5 Å². The normalized spacial score (nSPS) is 15.7. The van der Waals surface area contributed by atoms with Crippen LogP contribution in [0.5, 0.6) is 5.75 Å². The summed E-state index contributed by atoms with van der Waals surface area (Å²) >= 11 is 0. The highest BCUT2D eigenvalue weighted by Gasteiger charge is 2.31. The highest BCUT2D eigenvalue weighted by atomic mass is 127. The van der Waals surface area contributed by atoms with Gasteiger partial charge in [-0.05, 0) is 51.5 Å². The Balaban J connectivity index is 0.00000512. The number of ether oxygens (including phenoxy) is 2. The van der Waals surface area contributed by atoms with Crippen molar-refractivity contribution < 1.29 is 27.4 Å². The van der Waals surface area contributed by atoms with E-state index in [0.29, 0.717) is 25.3 Å². The fourth-order valence-corrected chi connectivity index (χ4v) is 2.90. The predicted molar refractivity (Wildman–Crippen MR) is 128 cm³/mol. The molecule has 2 rings (SSSR count). The van der Waals surface area contributed by atoms with Crippen LogP contribution in [0.15, 0.2) is 29.3 Å². The monoisotopic (exact) mass is 573 g/mol. The van der Waals surface area contributed by atoms with Crippen LogP contribution in [0, 0.1) is 0 Å². The van der Waals surface area contributed by atoms with Gasteiger partial charge in [0.1, 0.15) is 11.4 Å². The predicted octanol–water partition coefficient (Wildman–Crippen LogP) is 3.87. The van der Waals surface area contributed by atoms with Crippen molar-refractivity contribution in [2.45, 2.75) is 39.2 Å². The number of aliphatic imine (C=N–C) groups is 1. The molecule has 0 atom stereocenters. The van der Waals surface area contributed by atoms with Crippen molar-refractivity contribution in [3.05, 3.63) is 24.3 Å². The van der Waals surface area contributed by atoms with Crippen LogP contribution in [0.3, 0.4) is 0 Å². The summed E-state index contributed by atoms with van der Waals surface area (Å²) in [7, 11) is 0. The number of halogens is 4. The van der Waals surface area contributed by atoms with Gasteiger partial charge in [0, 0.05) is 45.0 Å². The number of alkyl halides is 3. The number of carbonyl (C=O) groups excluding carboxylic acids is 1. The van der Waals surface area contributed by atoms with Crippen LogP contribution in [-0.4, -0.2) is 73.1 Å². The minimum Gasteiger partial charge on any atom is -0.444 e. The first kappa shape index (κ1) is 28.1. The van der Waals surface area contributed by atoms with Crippen LogP contribution < -0.4 is 15.8 Å². The maximum absolute atomic E-state index is 12.2. The summed E-state index contributed by atoms with van der Waals surface area (Å²) in [6.07, 6.45) is -4.22. The molecule has 0 bridgehead atoms. The molecule has 0 radical (unpaired) electrons. The van der Waals surface area contributed by atoms with Crippen LogP contribution in [0.1, 0.15) is 27.2 Å². The number of nitrogens with two attached hydrogens (primary N) is 1. The molecule has 32 heavy (non-hydrogen) atoms. The van der Waals surface area contributed by atoms with Crippen molar-refractivity contribution in [1.29, 1.82) is 0 Å². The van der Waals surface area contributed by atoms with E-state index >= 15 is 0 Å². The molecule has 0 aliphatic carbocycles. The second-order valence-corrected chi connectivity index (χ2v) is 8.13. The summed E-state index contributed by atoms with van der Waals surface area (Å²) in [6.45, 7) is 9.64. The van der Waals surface area contributed by atoms with Gasteiger partial charge in [0.15, 0.2) is 5.96 Å². The summed E-state index contributed by atoms with van der Waals surface area (Å²) < 4.78 is 45.7. The van der Waals surface area contributed by atoms with Crippen molar-refractivity contribution in [3.8, 4) is 5.75 Å². The van der Waals surface area contributed by atoms with Crippen LogP contribution in [0.4, 0.5) is 23.7 Å². The Bertz CT molecular complexity index is 746. The quantitative estimate of drug-likeness (QED) is 0.233. The van der Waals surface area contributed by atoms with Crippen molar-refractivity contribution in [1.82, 2.24) is 9.80 Å². The van der Waals surface area contributed by atoms with Gasteiger partial charge in [0.25, 0.3) is 0 Å². The molecular weight excluding hydrogens is 542 g/mol.